The molecule has 5 nitrogen and oxygen atoms in total. The summed E-state index contributed by atoms with van der Waals surface area (Å²) in [5.74, 6) is -1.26. The number of alkyl halides is 3. The lowest BCUT2D eigenvalue weighted by atomic mass is 9.98. The number of benzene rings is 1. The highest BCUT2D eigenvalue weighted by Crippen LogP contribution is 2.35. The number of Topliss-reactive ketones (excluding diaryl/α,β-unsaturated/α-hetero) is 2. The zero-order valence-corrected chi connectivity index (χ0v) is 11.9. The molecule has 1 aromatic heterocycles. The fourth-order valence-electron chi connectivity index (χ4n) is 2.30. The molecule has 1 aliphatic rings. The Morgan fingerprint density at radius 2 is 2.00 bits per heavy atom. The van der Waals surface area contributed by atoms with Crippen molar-refractivity contribution in [2.24, 2.45) is 5.92 Å². The van der Waals surface area contributed by atoms with E-state index in [0.29, 0.717) is 12.8 Å². The van der Waals surface area contributed by atoms with Gasteiger partial charge >= 0.3 is 6.18 Å². The van der Waals surface area contributed by atoms with Gasteiger partial charge in [-0.05, 0) is 31.0 Å². The van der Waals surface area contributed by atoms with Gasteiger partial charge in [0.25, 0.3) is 0 Å². The SMILES string of the molecule is O=C(CC(=O)C1CC1)c1ccc(-n2cncn2)cc1C(F)(F)F. The Labute approximate surface area is 129 Å². The molecule has 1 aromatic carbocycles. The Bertz CT molecular complexity index is 750. The number of ketones is 2. The van der Waals surface area contributed by atoms with Gasteiger partial charge in [0.05, 0.1) is 17.7 Å². The molecule has 0 aliphatic heterocycles. The lowest BCUT2D eigenvalue weighted by molar-refractivity contribution is -0.138. The maximum absolute atomic E-state index is 13.3. The summed E-state index contributed by atoms with van der Waals surface area (Å²) in [6, 6.07) is 3.27. The summed E-state index contributed by atoms with van der Waals surface area (Å²) in [6.07, 6.45) is -1.32. The van der Waals surface area contributed by atoms with Gasteiger partial charge < -0.3 is 0 Å². The number of carbonyl (C=O) groups is 2. The van der Waals surface area contributed by atoms with E-state index in [0.717, 1.165) is 12.1 Å². The van der Waals surface area contributed by atoms with Crippen LogP contribution in [-0.2, 0) is 11.0 Å². The Morgan fingerprint density at radius 1 is 1.26 bits per heavy atom. The van der Waals surface area contributed by atoms with Crippen molar-refractivity contribution >= 4 is 11.6 Å². The number of aromatic nitrogens is 3. The molecule has 0 unspecified atom stereocenters. The van der Waals surface area contributed by atoms with Crippen molar-refractivity contribution in [1.29, 1.82) is 0 Å². The minimum absolute atomic E-state index is 0.139. The second kappa shape index (κ2) is 5.60. The van der Waals surface area contributed by atoms with E-state index in [4.69, 9.17) is 0 Å². The molecular weight excluding hydrogens is 311 g/mol. The molecule has 0 spiro atoms. The van der Waals surface area contributed by atoms with Crippen molar-refractivity contribution in [3.05, 3.63) is 42.0 Å². The van der Waals surface area contributed by atoms with Crippen LogP contribution in [0.15, 0.2) is 30.9 Å². The smallest absolute Gasteiger partial charge is 0.299 e. The molecular formula is C15H12F3N3O2. The molecule has 1 saturated carbocycles. The van der Waals surface area contributed by atoms with E-state index in [1.54, 1.807) is 0 Å². The van der Waals surface area contributed by atoms with Crippen molar-refractivity contribution in [3.63, 3.8) is 0 Å². The monoisotopic (exact) mass is 323 g/mol. The highest BCUT2D eigenvalue weighted by atomic mass is 19.4. The maximum Gasteiger partial charge on any atom is 0.417 e. The standard InChI is InChI=1S/C15H12F3N3O2/c16-15(17,18)12-5-10(21-8-19-7-20-21)3-4-11(12)14(23)6-13(22)9-1-2-9/h3-5,7-9H,1-2,6H2. The molecule has 0 atom stereocenters. The summed E-state index contributed by atoms with van der Waals surface area (Å²) in [4.78, 5) is 27.4. The molecule has 23 heavy (non-hydrogen) atoms. The molecule has 0 radical (unpaired) electrons. The molecule has 0 saturated heterocycles. The van der Waals surface area contributed by atoms with Crippen LogP contribution in [0.2, 0.25) is 0 Å². The summed E-state index contributed by atoms with van der Waals surface area (Å²) < 4.78 is 40.9. The summed E-state index contributed by atoms with van der Waals surface area (Å²) in [7, 11) is 0. The first-order valence-electron chi connectivity index (χ1n) is 6.98. The lowest BCUT2D eigenvalue weighted by Gasteiger charge is -2.13. The van der Waals surface area contributed by atoms with E-state index >= 15 is 0 Å². The van der Waals surface area contributed by atoms with Gasteiger partial charge in [-0.3, -0.25) is 9.59 Å². The van der Waals surface area contributed by atoms with E-state index in [2.05, 4.69) is 10.1 Å². The van der Waals surface area contributed by atoms with E-state index in [1.807, 2.05) is 0 Å². The van der Waals surface area contributed by atoms with Gasteiger partial charge in [-0.2, -0.15) is 18.3 Å². The fourth-order valence-corrected chi connectivity index (χ4v) is 2.30. The van der Waals surface area contributed by atoms with Crippen LogP contribution in [0.3, 0.4) is 0 Å². The largest absolute Gasteiger partial charge is 0.417 e. The zero-order chi connectivity index (χ0) is 16.6. The minimum Gasteiger partial charge on any atom is -0.299 e. The first kappa shape index (κ1) is 15.4. The summed E-state index contributed by atoms with van der Waals surface area (Å²) in [5, 5.41) is 3.76. The lowest BCUT2D eigenvalue weighted by Crippen LogP contribution is -2.17. The zero-order valence-electron chi connectivity index (χ0n) is 11.9. The molecule has 0 N–H and O–H groups in total. The number of hydrogen-bond acceptors (Lipinski definition) is 4. The molecule has 1 heterocycles. The van der Waals surface area contributed by atoms with Crippen molar-refractivity contribution < 1.29 is 22.8 Å². The number of halogens is 3. The molecule has 0 bridgehead atoms. The van der Waals surface area contributed by atoms with Crippen LogP contribution in [0.5, 0.6) is 0 Å². The van der Waals surface area contributed by atoms with Crippen molar-refractivity contribution in [2.45, 2.75) is 25.4 Å². The molecule has 1 fully saturated rings. The average Bonchev–Trinajstić information content (AvgIpc) is 3.21. The number of nitrogens with zero attached hydrogens (tertiary/aromatic N) is 3. The normalized spacial score (nSPS) is 14.7. The third-order valence-corrected chi connectivity index (χ3v) is 3.66. The van der Waals surface area contributed by atoms with Gasteiger partial charge in [-0.1, -0.05) is 0 Å². The number of rotatable bonds is 5. The van der Waals surface area contributed by atoms with E-state index < -0.39 is 29.5 Å². The van der Waals surface area contributed by atoms with Crippen molar-refractivity contribution in [1.82, 2.24) is 14.8 Å². The fraction of sp³-hybridized carbons (Fsp3) is 0.333. The Kier molecular flexibility index (Phi) is 3.75. The van der Waals surface area contributed by atoms with Crippen molar-refractivity contribution in [2.75, 3.05) is 0 Å². The predicted octanol–water partition coefficient (Wildman–Crippen LogP) is 2.84. The molecule has 1 aliphatic carbocycles. The highest BCUT2D eigenvalue weighted by Gasteiger charge is 2.37. The third-order valence-electron chi connectivity index (χ3n) is 3.66. The quantitative estimate of drug-likeness (QED) is 0.627. The molecule has 0 amide bonds. The predicted molar refractivity (Wildman–Crippen MR) is 73.0 cm³/mol. The van der Waals surface area contributed by atoms with E-state index in [9.17, 15) is 22.8 Å². The second-order valence-electron chi connectivity index (χ2n) is 5.41. The first-order valence-corrected chi connectivity index (χ1v) is 6.98. The van der Waals surface area contributed by atoms with Crippen LogP contribution in [0.4, 0.5) is 13.2 Å². The van der Waals surface area contributed by atoms with Crippen LogP contribution >= 0.6 is 0 Å². The maximum atomic E-state index is 13.3. The van der Waals surface area contributed by atoms with Gasteiger partial charge in [0.15, 0.2) is 5.78 Å². The number of hydrogen-bond donors (Lipinski definition) is 0. The van der Waals surface area contributed by atoms with Gasteiger partial charge in [0, 0.05) is 11.5 Å². The minimum atomic E-state index is -4.70. The highest BCUT2D eigenvalue weighted by molar-refractivity contribution is 6.09. The molecule has 120 valence electrons. The Hall–Kier alpha value is -2.51. The number of carbonyl (C=O) groups excluding carboxylic acids is 2. The molecule has 2 aromatic rings. The van der Waals surface area contributed by atoms with Crippen molar-refractivity contribution in [3.8, 4) is 5.69 Å². The van der Waals surface area contributed by atoms with Gasteiger partial charge in [-0.25, -0.2) is 9.67 Å². The molecule has 3 rings (SSSR count). The first-order chi connectivity index (χ1) is 10.9. The molecule has 8 heteroatoms. The topological polar surface area (TPSA) is 64.8 Å². The summed E-state index contributed by atoms with van der Waals surface area (Å²) in [6.45, 7) is 0. The van der Waals surface area contributed by atoms with E-state index in [1.165, 1.54) is 23.4 Å². The summed E-state index contributed by atoms with van der Waals surface area (Å²) in [5.41, 5.74) is -1.42. The summed E-state index contributed by atoms with van der Waals surface area (Å²) >= 11 is 0. The van der Waals surface area contributed by atoms with Gasteiger partial charge in [-0.15, -0.1) is 0 Å². The Balaban J connectivity index is 1.95. The Morgan fingerprint density at radius 3 is 2.57 bits per heavy atom. The van der Waals surface area contributed by atoms with Crippen LogP contribution in [0.1, 0.15) is 35.2 Å². The van der Waals surface area contributed by atoms with Gasteiger partial charge in [0.1, 0.15) is 18.4 Å². The van der Waals surface area contributed by atoms with Crippen LogP contribution < -0.4 is 0 Å². The van der Waals surface area contributed by atoms with E-state index in [-0.39, 0.29) is 17.4 Å². The average molecular weight is 323 g/mol. The second-order valence-corrected chi connectivity index (χ2v) is 5.41. The van der Waals surface area contributed by atoms with Crippen LogP contribution in [0.25, 0.3) is 5.69 Å². The van der Waals surface area contributed by atoms with Crippen LogP contribution in [0, 0.1) is 5.92 Å². The third kappa shape index (κ3) is 3.30. The van der Waals surface area contributed by atoms with Gasteiger partial charge in [0.2, 0.25) is 0 Å². The van der Waals surface area contributed by atoms with Crippen LogP contribution in [-0.4, -0.2) is 26.3 Å².